The maximum absolute atomic E-state index is 11.1. The second-order valence-corrected chi connectivity index (χ2v) is 5.34. The van der Waals surface area contributed by atoms with Gasteiger partial charge in [0, 0.05) is 26.0 Å². The monoisotopic (exact) mass is 258 g/mol. The molecule has 0 spiro atoms. The lowest BCUT2D eigenvalue weighted by Crippen LogP contribution is -2.36. The van der Waals surface area contributed by atoms with Crippen LogP contribution in [-0.4, -0.2) is 38.7 Å². The first-order valence-corrected chi connectivity index (χ1v) is 6.30. The molecule has 0 unspecified atom stereocenters. The van der Waals surface area contributed by atoms with Crippen LogP contribution in [0, 0.1) is 0 Å². The summed E-state index contributed by atoms with van der Waals surface area (Å²) in [7, 11) is -0.197. The Hall–Kier alpha value is 0.350. The largest absolute Gasteiger partial charge is 0.278 e. The molecule has 0 saturated carbocycles. The van der Waals surface area contributed by atoms with E-state index in [0.29, 0.717) is 6.54 Å². The zero-order chi connectivity index (χ0) is 9.61. The molecule has 0 aliphatic heterocycles. The van der Waals surface area contributed by atoms with E-state index in [4.69, 9.17) is 0 Å². The Balaban J connectivity index is 3.63. The lowest BCUT2D eigenvalue weighted by Gasteiger charge is -2.11. The van der Waals surface area contributed by atoms with Crippen LogP contribution < -0.4 is 4.72 Å². The predicted octanol–water partition coefficient (Wildman–Crippen LogP) is 0.558. The standard InChI is InChI=1S/C6H15BrN2O2S/c1-9(2)12(10,11)8-6-4-3-5-7/h8H,3-6H2,1-2H3. The first kappa shape index (κ1) is 12.3. The van der Waals surface area contributed by atoms with Gasteiger partial charge in [0.2, 0.25) is 0 Å². The van der Waals surface area contributed by atoms with E-state index in [1.165, 1.54) is 18.4 Å². The van der Waals surface area contributed by atoms with Gasteiger partial charge in [-0.3, -0.25) is 0 Å². The molecule has 0 heterocycles. The molecule has 0 radical (unpaired) electrons. The Morgan fingerprint density at radius 2 is 1.92 bits per heavy atom. The number of nitrogens with one attached hydrogen (secondary N) is 1. The van der Waals surface area contributed by atoms with Crippen LogP contribution >= 0.6 is 15.9 Å². The van der Waals surface area contributed by atoms with Crippen LogP contribution in [-0.2, 0) is 10.2 Å². The average Bonchev–Trinajstić information content (AvgIpc) is 1.98. The summed E-state index contributed by atoms with van der Waals surface area (Å²) >= 11 is 3.27. The van der Waals surface area contributed by atoms with E-state index >= 15 is 0 Å². The van der Waals surface area contributed by atoms with Crippen LogP contribution in [0.2, 0.25) is 0 Å². The van der Waals surface area contributed by atoms with Crippen molar-refractivity contribution in [2.24, 2.45) is 0 Å². The molecule has 0 amide bonds. The molecule has 0 aromatic heterocycles. The van der Waals surface area contributed by atoms with Crippen molar-refractivity contribution in [3.05, 3.63) is 0 Å². The molecule has 0 aliphatic carbocycles. The van der Waals surface area contributed by atoms with Crippen LogP contribution in [0.15, 0.2) is 0 Å². The second kappa shape index (κ2) is 5.90. The summed E-state index contributed by atoms with van der Waals surface area (Å²) in [6.07, 6.45) is 1.84. The van der Waals surface area contributed by atoms with E-state index in [0.717, 1.165) is 18.2 Å². The summed E-state index contributed by atoms with van der Waals surface area (Å²) in [4.78, 5) is 0. The smallest absolute Gasteiger partial charge is 0.202 e. The van der Waals surface area contributed by atoms with E-state index in [9.17, 15) is 8.42 Å². The van der Waals surface area contributed by atoms with Gasteiger partial charge in [0.1, 0.15) is 0 Å². The van der Waals surface area contributed by atoms with E-state index in [-0.39, 0.29) is 0 Å². The van der Waals surface area contributed by atoms with Gasteiger partial charge in [-0.2, -0.15) is 12.7 Å². The lowest BCUT2D eigenvalue weighted by molar-refractivity contribution is 0.504. The number of hydrogen-bond acceptors (Lipinski definition) is 2. The highest BCUT2D eigenvalue weighted by Crippen LogP contribution is 1.94. The molecular weight excluding hydrogens is 244 g/mol. The molecule has 74 valence electrons. The van der Waals surface area contributed by atoms with Crippen molar-refractivity contribution in [1.29, 1.82) is 0 Å². The SMILES string of the molecule is CN(C)S(=O)(=O)NCCCCBr. The summed E-state index contributed by atoms with van der Waals surface area (Å²) < 4.78 is 25.8. The van der Waals surface area contributed by atoms with Crippen LogP contribution in [0.3, 0.4) is 0 Å². The average molecular weight is 259 g/mol. The Kier molecular flexibility index (Phi) is 6.08. The van der Waals surface area contributed by atoms with Gasteiger partial charge in [-0.25, -0.2) is 4.72 Å². The van der Waals surface area contributed by atoms with Gasteiger partial charge in [-0.1, -0.05) is 15.9 Å². The van der Waals surface area contributed by atoms with Gasteiger partial charge in [0.15, 0.2) is 0 Å². The molecule has 1 N–H and O–H groups in total. The van der Waals surface area contributed by atoms with Crippen LogP contribution in [0.5, 0.6) is 0 Å². The number of rotatable bonds is 6. The first-order valence-electron chi connectivity index (χ1n) is 3.74. The molecule has 0 aromatic carbocycles. The van der Waals surface area contributed by atoms with Gasteiger partial charge in [-0.15, -0.1) is 0 Å². The van der Waals surface area contributed by atoms with Crippen LogP contribution in [0.25, 0.3) is 0 Å². The fraction of sp³-hybridized carbons (Fsp3) is 1.00. The second-order valence-electron chi connectivity index (χ2n) is 2.58. The third-order valence-electron chi connectivity index (χ3n) is 1.33. The van der Waals surface area contributed by atoms with Crippen molar-refractivity contribution >= 4 is 26.1 Å². The number of hydrogen-bond donors (Lipinski definition) is 1. The number of alkyl halides is 1. The molecular formula is C6H15BrN2O2S. The minimum Gasteiger partial charge on any atom is -0.202 e. The van der Waals surface area contributed by atoms with E-state index in [1.54, 1.807) is 0 Å². The zero-order valence-corrected chi connectivity index (χ0v) is 9.78. The molecule has 0 aliphatic rings. The Morgan fingerprint density at radius 3 is 2.33 bits per heavy atom. The first-order chi connectivity index (χ1) is 5.50. The van der Waals surface area contributed by atoms with Gasteiger partial charge < -0.3 is 0 Å². The quantitative estimate of drug-likeness (QED) is 0.559. The number of halogens is 1. The van der Waals surface area contributed by atoms with E-state index < -0.39 is 10.2 Å². The van der Waals surface area contributed by atoms with E-state index in [2.05, 4.69) is 20.7 Å². The molecule has 0 aromatic rings. The summed E-state index contributed by atoms with van der Waals surface area (Å²) in [5.41, 5.74) is 0. The van der Waals surface area contributed by atoms with Gasteiger partial charge >= 0.3 is 0 Å². The Bertz CT molecular complexity index is 204. The lowest BCUT2D eigenvalue weighted by atomic mass is 10.3. The molecule has 4 nitrogen and oxygen atoms in total. The molecule has 0 saturated heterocycles. The van der Waals surface area contributed by atoms with Crippen LogP contribution in [0.1, 0.15) is 12.8 Å². The fourth-order valence-electron chi connectivity index (χ4n) is 0.550. The minimum atomic E-state index is -3.21. The van der Waals surface area contributed by atoms with Gasteiger partial charge in [0.05, 0.1) is 0 Å². The van der Waals surface area contributed by atoms with Crippen molar-refractivity contribution in [1.82, 2.24) is 9.03 Å². The Morgan fingerprint density at radius 1 is 1.33 bits per heavy atom. The fourth-order valence-corrected chi connectivity index (χ4v) is 1.61. The van der Waals surface area contributed by atoms with Gasteiger partial charge in [-0.05, 0) is 12.8 Å². The third kappa shape index (κ3) is 5.08. The van der Waals surface area contributed by atoms with Crippen molar-refractivity contribution in [3.8, 4) is 0 Å². The van der Waals surface area contributed by atoms with Crippen molar-refractivity contribution in [3.63, 3.8) is 0 Å². The van der Waals surface area contributed by atoms with Crippen molar-refractivity contribution in [2.45, 2.75) is 12.8 Å². The summed E-state index contributed by atoms with van der Waals surface area (Å²) in [6.45, 7) is 0.506. The molecule has 0 fully saturated rings. The third-order valence-corrected chi connectivity index (χ3v) is 3.42. The minimum absolute atomic E-state index is 0.506. The molecule has 12 heavy (non-hydrogen) atoms. The molecule has 0 atom stereocenters. The summed E-state index contributed by atoms with van der Waals surface area (Å²) in [6, 6.07) is 0. The Labute approximate surface area is 82.6 Å². The molecule has 0 rings (SSSR count). The topological polar surface area (TPSA) is 49.4 Å². The maximum Gasteiger partial charge on any atom is 0.278 e. The molecule has 0 bridgehead atoms. The van der Waals surface area contributed by atoms with Crippen molar-refractivity contribution in [2.75, 3.05) is 26.0 Å². The zero-order valence-electron chi connectivity index (χ0n) is 7.38. The summed E-state index contributed by atoms with van der Waals surface area (Å²) in [5, 5.41) is 0.913. The highest BCUT2D eigenvalue weighted by molar-refractivity contribution is 9.09. The maximum atomic E-state index is 11.1. The highest BCUT2D eigenvalue weighted by Gasteiger charge is 2.10. The van der Waals surface area contributed by atoms with Crippen molar-refractivity contribution < 1.29 is 8.42 Å². The number of unbranched alkanes of at least 4 members (excludes halogenated alkanes) is 1. The number of nitrogens with zero attached hydrogens (tertiary/aromatic N) is 1. The predicted molar refractivity (Wildman–Crippen MR) is 53.6 cm³/mol. The van der Waals surface area contributed by atoms with E-state index in [1.807, 2.05) is 0 Å². The van der Waals surface area contributed by atoms with Crippen LogP contribution in [0.4, 0.5) is 0 Å². The summed E-state index contributed by atoms with van der Waals surface area (Å²) in [5.74, 6) is 0. The highest BCUT2D eigenvalue weighted by atomic mass is 79.9. The molecule has 6 heteroatoms. The van der Waals surface area contributed by atoms with Gasteiger partial charge in [0.25, 0.3) is 10.2 Å². The normalized spacial score (nSPS) is 12.3.